The van der Waals surface area contributed by atoms with Crippen molar-refractivity contribution < 1.29 is 13.2 Å². The molecule has 3 rings (SSSR count). The standard InChI is InChI=1S/C15H12F3N5/c1-7-2-4-8(5-3-7)10-6-9(15(16,17)18)11-12(19)22-14(20)23-13(11)21-10/h2-6H,1H3,(H4,19,20,21,22,23). The summed E-state index contributed by atoms with van der Waals surface area (Å²) in [5.41, 5.74) is 11.6. The Morgan fingerprint density at radius 3 is 2.22 bits per heavy atom. The van der Waals surface area contributed by atoms with Crippen LogP contribution in [-0.4, -0.2) is 15.0 Å². The van der Waals surface area contributed by atoms with Crippen LogP contribution in [0.15, 0.2) is 30.3 Å². The molecule has 0 spiro atoms. The van der Waals surface area contributed by atoms with Gasteiger partial charge in [0.1, 0.15) is 5.82 Å². The minimum Gasteiger partial charge on any atom is -0.383 e. The van der Waals surface area contributed by atoms with Gasteiger partial charge in [-0.1, -0.05) is 29.8 Å². The number of alkyl halides is 3. The number of nitrogens with two attached hydrogens (primary N) is 2. The van der Waals surface area contributed by atoms with Crippen molar-refractivity contribution in [2.75, 3.05) is 11.5 Å². The van der Waals surface area contributed by atoms with Gasteiger partial charge in [-0.25, -0.2) is 4.98 Å². The summed E-state index contributed by atoms with van der Waals surface area (Å²) in [4.78, 5) is 11.5. The molecule has 0 bridgehead atoms. The molecular weight excluding hydrogens is 307 g/mol. The van der Waals surface area contributed by atoms with Gasteiger partial charge in [0.25, 0.3) is 0 Å². The number of fused-ring (bicyclic) bond motifs is 1. The molecule has 0 atom stereocenters. The maximum Gasteiger partial charge on any atom is 0.417 e. The van der Waals surface area contributed by atoms with Crippen LogP contribution < -0.4 is 11.5 Å². The fourth-order valence-corrected chi connectivity index (χ4v) is 2.27. The van der Waals surface area contributed by atoms with Crippen LogP contribution >= 0.6 is 0 Å². The summed E-state index contributed by atoms with van der Waals surface area (Å²) >= 11 is 0. The summed E-state index contributed by atoms with van der Waals surface area (Å²) in [6, 6.07) is 7.91. The molecule has 23 heavy (non-hydrogen) atoms. The first-order chi connectivity index (χ1) is 10.8. The molecule has 0 saturated carbocycles. The molecule has 4 N–H and O–H groups in total. The molecular formula is C15H12F3N5. The number of nitrogens with zero attached hydrogens (tertiary/aromatic N) is 3. The normalized spacial score (nSPS) is 11.8. The molecule has 0 aliphatic rings. The Kier molecular flexibility index (Phi) is 3.32. The Balaban J connectivity index is 2.35. The van der Waals surface area contributed by atoms with E-state index < -0.39 is 11.7 Å². The van der Waals surface area contributed by atoms with Crippen LogP contribution in [0.5, 0.6) is 0 Å². The highest BCUT2D eigenvalue weighted by Crippen LogP contribution is 2.38. The van der Waals surface area contributed by atoms with E-state index >= 15 is 0 Å². The van der Waals surface area contributed by atoms with Crippen molar-refractivity contribution in [3.63, 3.8) is 0 Å². The number of halogens is 3. The largest absolute Gasteiger partial charge is 0.417 e. The summed E-state index contributed by atoms with van der Waals surface area (Å²) in [5, 5.41) is -0.345. The van der Waals surface area contributed by atoms with E-state index in [1.807, 2.05) is 6.92 Å². The van der Waals surface area contributed by atoms with E-state index in [9.17, 15) is 13.2 Å². The molecule has 5 nitrogen and oxygen atoms in total. The highest BCUT2D eigenvalue weighted by atomic mass is 19.4. The first kappa shape index (κ1) is 15.0. The van der Waals surface area contributed by atoms with Crippen molar-refractivity contribution in [3.05, 3.63) is 41.5 Å². The third-order valence-electron chi connectivity index (χ3n) is 3.36. The van der Waals surface area contributed by atoms with Crippen molar-refractivity contribution in [1.29, 1.82) is 0 Å². The fraction of sp³-hybridized carbons (Fsp3) is 0.133. The molecule has 2 aromatic heterocycles. The number of benzene rings is 1. The second-order valence-electron chi connectivity index (χ2n) is 5.08. The monoisotopic (exact) mass is 319 g/mol. The second-order valence-corrected chi connectivity index (χ2v) is 5.08. The predicted octanol–water partition coefficient (Wildman–Crippen LogP) is 3.18. The zero-order chi connectivity index (χ0) is 16.8. The number of hydrogen-bond donors (Lipinski definition) is 2. The third kappa shape index (κ3) is 2.75. The van der Waals surface area contributed by atoms with Crippen LogP contribution in [0.25, 0.3) is 22.3 Å². The van der Waals surface area contributed by atoms with E-state index in [2.05, 4.69) is 15.0 Å². The first-order valence-corrected chi connectivity index (χ1v) is 6.63. The Hall–Kier alpha value is -2.90. The van der Waals surface area contributed by atoms with Crippen molar-refractivity contribution in [2.24, 2.45) is 0 Å². The van der Waals surface area contributed by atoms with Gasteiger partial charge in [0, 0.05) is 5.56 Å². The fourth-order valence-electron chi connectivity index (χ4n) is 2.27. The quantitative estimate of drug-likeness (QED) is 0.719. The second kappa shape index (κ2) is 5.08. The SMILES string of the molecule is Cc1ccc(-c2cc(C(F)(F)F)c3c(N)nc(N)nc3n2)cc1. The van der Waals surface area contributed by atoms with Crippen molar-refractivity contribution >= 4 is 22.8 Å². The smallest absolute Gasteiger partial charge is 0.383 e. The van der Waals surface area contributed by atoms with E-state index in [1.54, 1.807) is 24.3 Å². The molecule has 0 unspecified atom stereocenters. The number of nitrogen functional groups attached to an aromatic ring is 2. The molecule has 0 fully saturated rings. The summed E-state index contributed by atoms with van der Waals surface area (Å²) in [6.07, 6.45) is -4.62. The summed E-state index contributed by atoms with van der Waals surface area (Å²) in [6.45, 7) is 1.88. The highest BCUT2D eigenvalue weighted by Gasteiger charge is 2.35. The lowest BCUT2D eigenvalue weighted by Crippen LogP contribution is -2.11. The summed E-state index contributed by atoms with van der Waals surface area (Å²) in [5.74, 6) is -0.570. The van der Waals surface area contributed by atoms with Gasteiger partial charge in [-0.15, -0.1) is 0 Å². The molecule has 118 valence electrons. The Morgan fingerprint density at radius 2 is 1.61 bits per heavy atom. The average Bonchev–Trinajstić information content (AvgIpc) is 2.45. The van der Waals surface area contributed by atoms with Crippen LogP contribution in [0, 0.1) is 6.92 Å². The van der Waals surface area contributed by atoms with Crippen LogP contribution in [0.2, 0.25) is 0 Å². The first-order valence-electron chi connectivity index (χ1n) is 6.63. The lowest BCUT2D eigenvalue weighted by atomic mass is 10.0. The minimum atomic E-state index is -4.62. The van der Waals surface area contributed by atoms with Gasteiger partial charge in [-0.05, 0) is 13.0 Å². The van der Waals surface area contributed by atoms with Gasteiger partial charge in [-0.3, -0.25) is 0 Å². The summed E-state index contributed by atoms with van der Waals surface area (Å²) in [7, 11) is 0. The predicted molar refractivity (Wildman–Crippen MR) is 81.3 cm³/mol. The van der Waals surface area contributed by atoms with Gasteiger partial charge >= 0.3 is 6.18 Å². The molecule has 0 radical (unpaired) electrons. The van der Waals surface area contributed by atoms with Crippen LogP contribution in [0.4, 0.5) is 24.9 Å². The number of hydrogen-bond acceptors (Lipinski definition) is 5. The van der Waals surface area contributed by atoms with E-state index in [4.69, 9.17) is 11.5 Å². The van der Waals surface area contributed by atoms with E-state index in [0.717, 1.165) is 11.6 Å². The van der Waals surface area contributed by atoms with Gasteiger partial charge in [0.05, 0.1) is 16.6 Å². The average molecular weight is 319 g/mol. The van der Waals surface area contributed by atoms with Crippen LogP contribution in [0.3, 0.4) is 0 Å². The third-order valence-corrected chi connectivity index (χ3v) is 3.36. The molecule has 0 aliphatic carbocycles. The van der Waals surface area contributed by atoms with E-state index in [0.29, 0.717) is 5.56 Å². The number of pyridine rings is 1. The van der Waals surface area contributed by atoms with E-state index in [1.165, 1.54) is 0 Å². The highest BCUT2D eigenvalue weighted by molar-refractivity contribution is 5.91. The van der Waals surface area contributed by atoms with Crippen LogP contribution in [-0.2, 0) is 6.18 Å². The topological polar surface area (TPSA) is 90.7 Å². The minimum absolute atomic E-state index is 0.141. The number of anilines is 2. The zero-order valence-corrected chi connectivity index (χ0v) is 12.0. The molecule has 2 heterocycles. The number of aromatic nitrogens is 3. The number of aryl methyl sites for hydroxylation is 1. The van der Waals surface area contributed by atoms with Gasteiger partial charge in [-0.2, -0.15) is 23.1 Å². The number of rotatable bonds is 1. The maximum atomic E-state index is 13.4. The van der Waals surface area contributed by atoms with Crippen molar-refractivity contribution in [1.82, 2.24) is 15.0 Å². The Bertz CT molecular complexity index is 888. The van der Waals surface area contributed by atoms with Crippen molar-refractivity contribution in [2.45, 2.75) is 13.1 Å². The molecule has 3 aromatic rings. The van der Waals surface area contributed by atoms with Gasteiger partial charge in [0.15, 0.2) is 5.65 Å². The lowest BCUT2D eigenvalue weighted by molar-refractivity contribution is -0.136. The van der Waals surface area contributed by atoms with Gasteiger partial charge < -0.3 is 11.5 Å². The molecule has 0 aliphatic heterocycles. The Morgan fingerprint density at radius 1 is 0.957 bits per heavy atom. The summed E-state index contributed by atoms with van der Waals surface area (Å²) < 4.78 is 40.2. The molecule has 1 aromatic carbocycles. The lowest BCUT2D eigenvalue weighted by Gasteiger charge is -2.13. The van der Waals surface area contributed by atoms with Crippen LogP contribution in [0.1, 0.15) is 11.1 Å². The molecule has 0 saturated heterocycles. The van der Waals surface area contributed by atoms with Crippen molar-refractivity contribution in [3.8, 4) is 11.3 Å². The Labute approximate surface area is 129 Å². The van der Waals surface area contributed by atoms with E-state index in [-0.39, 0.29) is 28.5 Å². The molecule has 0 amide bonds. The molecule has 8 heteroatoms. The van der Waals surface area contributed by atoms with Gasteiger partial charge in [0.2, 0.25) is 5.95 Å². The maximum absolute atomic E-state index is 13.4. The zero-order valence-electron chi connectivity index (χ0n) is 12.0.